The van der Waals surface area contributed by atoms with Gasteiger partial charge < -0.3 is 10.0 Å². The molecule has 1 amide bonds. The lowest BCUT2D eigenvalue weighted by atomic mass is 9.88. The fourth-order valence-corrected chi connectivity index (χ4v) is 3.59. The third-order valence-electron chi connectivity index (χ3n) is 4.53. The highest BCUT2D eigenvalue weighted by atomic mass is 16.3. The Hall–Kier alpha value is -1.35. The van der Waals surface area contributed by atoms with E-state index in [2.05, 4.69) is 0 Å². The second kappa shape index (κ2) is 4.39. The summed E-state index contributed by atoms with van der Waals surface area (Å²) in [7, 11) is 0. The van der Waals surface area contributed by atoms with Gasteiger partial charge in [-0.1, -0.05) is 18.2 Å². The summed E-state index contributed by atoms with van der Waals surface area (Å²) in [6.45, 7) is 0.0993. The monoisotopic (exact) mass is 245 g/mol. The number of carbonyl (C=O) groups is 1. The van der Waals surface area contributed by atoms with E-state index in [-0.39, 0.29) is 18.1 Å². The fourth-order valence-electron chi connectivity index (χ4n) is 3.59. The molecule has 3 rings (SSSR count). The molecule has 2 heterocycles. The molecule has 2 saturated heterocycles. The molecular weight excluding hydrogens is 226 g/mol. The first kappa shape index (κ1) is 11.7. The molecule has 2 aliphatic rings. The summed E-state index contributed by atoms with van der Waals surface area (Å²) in [6, 6.07) is 9.76. The van der Waals surface area contributed by atoms with Crippen molar-refractivity contribution in [3.8, 4) is 0 Å². The number of nitrogens with zero attached hydrogens (tertiary/aromatic N) is 1. The van der Waals surface area contributed by atoms with Crippen LogP contribution in [0.2, 0.25) is 0 Å². The van der Waals surface area contributed by atoms with E-state index >= 15 is 0 Å². The van der Waals surface area contributed by atoms with E-state index in [0.717, 1.165) is 37.7 Å². The topological polar surface area (TPSA) is 40.5 Å². The van der Waals surface area contributed by atoms with Crippen LogP contribution in [0.1, 0.15) is 42.5 Å². The highest BCUT2D eigenvalue weighted by Crippen LogP contribution is 2.44. The third-order valence-corrected chi connectivity index (χ3v) is 4.53. The molecule has 1 aromatic rings. The van der Waals surface area contributed by atoms with Crippen LogP contribution in [0.25, 0.3) is 0 Å². The molecular formula is C15H19NO2. The number of aliphatic hydroxyl groups is 1. The van der Waals surface area contributed by atoms with Crippen molar-refractivity contribution in [2.75, 3.05) is 6.61 Å². The van der Waals surface area contributed by atoms with Crippen molar-refractivity contribution in [1.82, 2.24) is 4.90 Å². The van der Waals surface area contributed by atoms with Crippen molar-refractivity contribution < 1.29 is 9.90 Å². The van der Waals surface area contributed by atoms with Crippen molar-refractivity contribution in [1.29, 1.82) is 0 Å². The number of amides is 1. The van der Waals surface area contributed by atoms with Gasteiger partial charge in [-0.15, -0.1) is 0 Å². The molecule has 0 aromatic heterocycles. The smallest absolute Gasteiger partial charge is 0.254 e. The molecule has 3 nitrogen and oxygen atoms in total. The number of aliphatic hydroxyl groups excluding tert-OH is 1. The van der Waals surface area contributed by atoms with E-state index in [0.29, 0.717) is 6.04 Å². The lowest BCUT2D eigenvalue weighted by molar-refractivity contribution is 0.0105. The number of hydrogen-bond donors (Lipinski definition) is 1. The first-order chi connectivity index (χ1) is 8.77. The number of rotatable bonds is 2. The van der Waals surface area contributed by atoms with Gasteiger partial charge in [-0.3, -0.25) is 4.79 Å². The van der Waals surface area contributed by atoms with E-state index < -0.39 is 0 Å². The third kappa shape index (κ3) is 1.65. The van der Waals surface area contributed by atoms with Crippen LogP contribution in [-0.4, -0.2) is 34.1 Å². The van der Waals surface area contributed by atoms with E-state index in [4.69, 9.17) is 0 Å². The van der Waals surface area contributed by atoms with Crippen LogP contribution in [0, 0.1) is 0 Å². The van der Waals surface area contributed by atoms with E-state index in [9.17, 15) is 9.90 Å². The van der Waals surface area contributed by atoms with Gasteiger partial charge in [0.25, 0.3) is 5.91 Å². The van der Waals surface area contributed by atoms with Crippen LogP contribution >= 0.6 is 0 Å². The second-order valence-electron chi connectivity index (χ2n) is 5.51. The van der Waals surface area contributed by atoms with E-state index in [1.807, 2.05) is 35.2 Å². The molecule has 96 valence electrons. The predicted octanol–water partition coefficient (Wildman–Crippen LogP) is 2.21. The highest BCUT2D eigenvalue weighted by Gasteiger charge is 2.50. The van der Waals surface area contributed by atoms with Crippen molar-refractivity contribution in [2.24, 2.45) is 0 Å². The maximum Gasteiger partial charge on any atom is 0.254 e. The zero-order chi connectivity index (χ0) is 12.6. The van der Waals surface area contributed by atoms with Crippen molar-refractivity contribution in [3.05, 3.63) is 35.9 Å². The summed E-state index contributed by atoms with van der Waals surface area (Å²) < 4.78 is 0. The Balaban J connectivity index is 1.93. The normalized spacial score (nSPS) is 30.5. The maximum atomic E-state index is 12.6. The van der Waals surface area contributed by atoms with Gasteiger partial charge in [0.15, 0.2) is 0 Å². The van der Waals surface area contributed by atoms with Crippen LogP contribution in [0.3, 0.4) is 0 Å². The SMILES string of the molecule is O=C(c1ccccc1)N1C2CCCC1(CO)CC2. The van der Waals surface area contributed by atoms with Crippen LogP contribution in [0.15, 0.2) is 30.3 Å². The van der Waals surface area contributed by atoms with Crippen molar-refractivity contribution in [3.63, 3.8) is 0 Å². The summed E-state index contributed by atoms with van der Waals surface area (Å²) in [4.78, 5) is 14.6. The Morgan fingerprint density at radius 3 is 2.78 bits per heavy atom. The first-order valence-corrected chi connectivity index (χ1v) is 6.76. The lowest BCUT2D eigenvalue weighted by Crippen LogP contribution is -2.55. The van der Waals surface area contributed by atoms with Gasteiger partial charge in [0, 0.05) is 11.6 Å². The minimum atomic E-state index is -0.282. The summed E-state index contributed by atoms with van der Waals surface area (Å²) >= 11 is 0. The Morgan fingerprint density at radius 2 is 2.06 bits per heavy atom. The molecule has 1 N–H and O–H groups in total. The molecule has 0 radical (unpaired) electrons. The van der Waals surface area contributed by atoms with Crippen molar-refractivity contribution in [2.45, 2.75) is 43.7 Å². The summed E-state index contributed by atoms with van der Waals surface area (Å²) in [5.41, 5.74) is 0.458. The number of fused-ring (bicyclic) bond motifs is 2. The quantitative estimate of drug-likeness (QED) is 0.867. The number of hydrogen-bond acceptors (Lipinski definition) is 2. The average molecular weight is 245 g/mol. The number of piperidine rings is 1. The Labute approximate surface area is 107 Å². The lowest BCUT2D eigenvalue weighted by Gasteiger charge is -2.44. The average Bonchev–Trinajstić information content (AvgIpc) is 2.66. The number of carbonyl (C=O) groups excluding carboxylic acids is 1. The minimum absolute atomic E-state index is 0.0897. The standard InChI is InChI=1S/C15H19NO2/c17-11-15-9-4-7-13(8-10-15)16(15)14(18)12-5-2-1-3-6-12/h1-3,5-6,13,17H,4,7-11H2. The zero-order valence-corrected chi connectivity index (χ0v) is 10.5. The van der Waals surface area contributed by atoms with Gasteiger partial charge in [-0.05, 0) is 44.2 Å². The molecule has 0 saturated carbocycles. The Kier molecular flexibility index (Phi) is 2.86. The molecule has 2 bridgehead atoms. The molecule has 1 aromatic carbocycles. The highest BCUT2D eigenvalue weighted by molar-refractivity contribution is 5.95. The fraction of sp³-hybridized carbons (Fsp3) is 0.533. The van der Waals surface area contributed by atoms with E-state index in [1.54, 1.807) is 0 Å². The molecule has 2 unspecified atom stereocenters. The molecule has 0 aliphatic carbocycles. The molecule has 2 atom stereocenters. The van der Waals surface area contributed by atoms with Gasteiger partial charge in [0.05, 0.1) is 12.1 Å². The first-order valence-electron chi connectivity index (χ1n) is 6.76. The van der Waals surface area contributed by atoms with Crippen LogP contribution in [0.4, 0.5) is 0 Å². The summed E-state index contributed by atoms with van der Waals surface area (Å²) in [5, 5.41) is 9.74. The largest absolute Gasteiger partial charge is 0.394 e. The maximum absolute atomic E-state index is 12.6. The molecule has 3 heteroatoms. The van der Waals surface area contributed by atoms with E-state index in [1.165, 1.54) is 0 Å². The Bertz CT molecular complexity index is 441. The second-order valence-corrected chi connectivity index (χ2v) is 5.51. The van der Waals surface area contributed by atoms with Crippen LogP contribution < -0.4 is 0 Å². The van der Waals surface area contributed by atoms with Crippen LogP contribution in [-0.2, 0) is 0 Å². The van der Waals surface area contributed by atoms with Crippen LogP contribution in [0.5, 0.6) is 0 Å². The molecule has 18 heavy (non-hydrogen) atoms. The van der Waals surface area contributed by atoms with Gasteiger partial charge in [0.2, 0.25) is 0 Å². The van der Waals surface area contributed by atoms with Gasteiger partial charge in [-0.25, -0.2) is 0 Å². The summed E-state index contributed by atoms with van der Waals surface area (Å²) in [6.07, 6.45) is 5.15. The molecule has 0 spiro atoms. The van der Waals surface area contributed by atoms with Gasteiger partial charge in [-0.2, -0.15) is 0 Å². The number of benzene rings is 1. The van der Waals surface area contributed by atoms with Gasteiger partial charge in [0.1, 0.15) is 0 Å². The minimum Gasteiger partial charge on any atom is -0.394 e. The molecule has 2 fully saturated rings. The predicted molar refractivity (Wildman–Crippen MR) is 69.3 cm³/mol. The zero-order valence-electron chi connectivity index (χ0n) is 10.5. The van der Waals surface area contributed by atoms with Crippen molar-refractivity contribution >= 4 is 5.91 Å². The molecule has 2 aliphatic heterocycles. The van der Waals surface area contributed by atoms with Gasteiger partial charge >= 0.3 is 0 Å². The Morgan fingerprint density at radius 1 is 1.28 bits per heavy atom. The summed E-state index contributed by atoms with van der Waals surface area (Å²) in [5.74, 6) is 0.0897.